The molecule has 0 bridgehead atoms. The van der Waals surface area contributed by atoms with E-state index in [4.69, 9.17) is 0 Å². The summed E-state index contributed by atoms with van der Waals surface area (Å²) < 4.78 is 0. The molecule has 0 heterocycles. The zero-order chi connectivity index (χ0) is 15.2. The third kappa shape index (κ3) is 4.02. The fraction of sp³-hybridized carbons (Fsp3) is 0.235. The van der Waals surface area contributed by atoms with Crippen LogP contribution >= 0.6 is 11.8 Å². The van der Waals surface area contributed by atoms with Crippen molar-refractivity contribution in [2.24, 2.45) is 0 Å². The number of benzene rings is 2. The summed E-state index contributed by atoms with van der Waals surface area (Å²) in [4.78, 5) is 15.0. The average molecular weight is 300 g/mol. The number of nitrogens with one attached hydrogen (secondary N) is 1. The second-order valence-electron chi connectivity index (χ2n) is 4.95. The molecule has 0 aliphatic carbocycles. The van der Waals surface area contributed by atoms with Crippen LogP contribution in [0.4, 0.5) is 5.69 Å². The van der Waals surface area contributed by atoms with Gasteiger partial charge in [0.2, 0.25) is 0 Å². The summed E-state index contributed by atoms with van der Waals surface area (Å²) in [6, 6.07) is 16.0. The van der Waals surface area contributed by atoms with E-state index in [-0.39, 0.29) is 5.91 Å². The molecule has 0 spiro atoms. The third-order valence-corrected chi connectivity index (χ3v) is 3.95. The van der Waals surface area contributed by atoms with Gasteiger partial charge in [0.05, 0.1) is 5.56 Å². The van der Waals surface area contributed by atoms with E-state index >= 15 is 0 Å². The molecule has 0 aliphatic rings. The first kappa shape index (κ1) is 15.4. The normalized spacial score (nSPS) is 10.2. The molecule has 3 nitrogen and oxygen atoms in total. The van der Waals surface area contributed by atoms with Crippen LogP contribution in [-0.2, 0) is 6.54 Å². The van der Waals surface area contributed by atoms with Gasteiger partial charge in [0, 0.05) is 31.2 Å². The van der Waals surface area contributed by atoms with Gasteiger partial charge in [0.1, 0.15) is 0 Å². The van der Waals surface area contributed by atoms with Gasteiger partial charge in [-0.25, -0.2) is 0 Å². The SMILES string of the molecule is CSc1ccc(CNc2ccccc2C(=O)N(C)C)cc1. The van der Waals surface area contributed by atoms with Gasteiger partial charge < -0.3 is 10.2 Å². The minimum atomic E-state index is 0.0100. The van der Waals surface area contributed by atoms with E-state index in [0.29, 0.717) is 12.1 Å². The lowest BCUT2D eigenvalue weighted by atomic mass is 10.1. The molecule has 0 atom stereocenters. The smallest absolute Gasteiger partial charge is 0.255 e. The lowest BCUT2D eigenvalue weighted by Gasteiger charge is -2.15. The maximum absolute atomic E-state index is 12.1. The van der Waals surface area contributed by atoms with Crippen LogP contribution in [-0.4, -0.2) is 31.2 Å². The molecule has 1 N–H and O–H groups in total. The van der Waals surface area contributed by atoms with Crippen molar-refractivity contribution in [2.75, 3.05) is 25.7 Å². The van der Waals surface area contributed by atoms with Crippen molar-refractivity contribution in [3.63, 3.8) is 0 Å². The highest BCUT2D eigenvalue weighted by molar-refractivity contribution is 7.98. The number of amides is 1. The molecule has 0 aromatic heterocycles. The maximum atomic E-state index is 12.1. The predicted octanol–water partition coefficient (Wildman–Crippen LogP) is 3.72. The van der Waals surface area contributed by atoms with Crippen molar-refractivity contribution >= 4 is 23.4 Å². The van der Waals surface area contributed by atoms with Crippen molar-refractivity contribution in [3.8, 4) is 0 Å². The largest absolute Gasteiger partial charge is 0.380 e. The maximum Gasteiger partial charge on any atom is 0.255 e. The van der Waals surface area contributed by atoms with Crippen LogP contribution in [0, 0.1) is 0 Å². The summed E-state index contributed by atoms with van der Waals surface area (Å²) in [6.07, 6.45) is 2.07. The summed E-state index contributed by atoms with van der Waals surface area (Å²) in [5.41, 5.74) is 2.76. The van der Waals surface area contributed by atoms with Crippen molar-refractivity contribution in [1.82, 2.24) is 4.90 Å². The summed E-state index contributed by atoms with van der Waals surface area (Å²) in [5, 5.41) is 3.35. The minimum Gasteiger partial charge on any atom is -0.380 e. The Bertz CT molecular complexity index is 608. The fourth-order valence-electron chi connectivity index (χ4n) is 2.01. The van der Waals surface area contributed by atoms with Gasteiger partial charge in [-0.05, 0) is 36.1 Å². The van der Waals surface area contributed by atoms with Crippen LogP contribution in [0.2, 0.25) is 0 Å². The number of anilines is 1. The minimum absolute atomic E-state index is 0.0100. The van der Waals surface area contributed by atoms with E-state index in [0.717, 1.165) is 5.69 Å². The standard InChI is InChI=1S/C17H20N2OS/c1-19(2)17(20)15-6-4-5-7-16(15)18-12-13-8-10-14(21-3)11-9-13/h4-11,18H,12H2,1-3H3. The third-order valence-electron chi connectivity index (χ3n) is 3.21. The van der Waals surface area contributed by atoms with Crippen molar-refractivity contribution in [3.05, 3.63) is 59.7 Å². The number of hydrogen-bond donors (Lipinski definition) is 1. The molecule has 0 saturated carbocycles. The lowest BCUT2D eigenvalue weighted by molar-refractivity contribution is 0.0828. The van der Waals surface area contributed by atoms with E-state index in [1.165, 1.54) is 10.5 Å². The van der Waals surface area contributed by atoms with Crippen molar-refractivity contribution in [2.45, 2.75) is 11.4 Å². The number of hydrogen-bond acceptors (Lipinski definition) is 3. The van der Waals surface area contributed by atoms with Crippen LogP contribution in [0.1, 0.15) is 15.9 Å². The van der Waals surface area contributed by atoms with E-state index < -0.39 is 0 Å². The number of para-hydroxylation sites is 1. The number of thioether (sulfide) groups is 1. The number of carbonyl (C=O) groups excluding carboxylic acids is 1. The first-order chi connectivity index (χ1) is 10.1. The predicted molar refractivity (Wildman–Crippen MR) is 90.0 cm³/mol. The van der Waals surface area contributed by atoms with E-state index in [9.17, 15) is 4.79 Å². The quantitative estimate of drug-likeness (QED) is 0.854. The summed E-state index contributed by atoms with van der Waals surface area (Å²) in [7, 11) is 3.53. The van der Waals surface area contributed by atoms with E-state index in [2.05, 4.69) is 35.8 Å². The number of nitrogens with zero attached hydrogens (tertiary/aromatic N) is 1. The molecular weight excluding hydrogens is 280 g/mol. The van der Waals surface area contributed by atoms with Crippen molar-refractivity contribution in [1.29, 1.82) is 0 Å². The van der Waals surface area contributed by atoms with Gasteiger partial charge >= 0.3 is 0 Å². The molecule has 0 fully saturated rings. The van der Waals surface area contributed by atoms with E-state index in [1.54, 1.807) is 30.8 Å². The Morgan fingerprint density at radius 2 is 1.76 bits per heavy atom. The lowest BCUT2D eigenvalue weighted by Crippen LogP contribution is -2.22. The summed E-state index contributed by atoms with van der Waals surface area (Å²) in [6.45, 7) is 0.701. The first-order valence-electron chi connectivity index (χ1n) is 6.79. The molecule has 4 heteroatoms. The van der Waals surface area contributed by atoms with Gasteiger partial charge in [0.15, 0.2) is 0 Å². The molecule has 2 aromatic carbocycles. The van der Waals surface area contributed by atoms with Crippen LogP contribution in [0.25, 0.3) is 0 Å². The Kier molecular flexibility index (Phi) is 5.28. The van der Waals surface area contributed by atoms with Crippen LogP contribution in [0.15, 0.2) is 53.4 Å². The molecule has 2 rings (SSSR count). The van der Waals surface area contributed by atoms with Gasteiger partial charge in [-0.1, -0.05) is 24.3 Å². The summed E-state index contributed by atoms with van der Waals surface area (Å²) in [5.74, 6) is 0.0100. The molecular formula is C17H20N2OS. The Morgan fingerprint density at radius 3 is 2.38 bits per heavy atom. The fourth-order valence-corrected chi connectivity index (χ4v) is 2.41. The zero-order valence-corrected chi connectivity index (χ0v) is 13.4. The Balaban J connectivity index is 2.10. The molecule has 0 aliphatic heterocycles. The second-order valence-corrected chi connectivity index (χ2v) is 5.83. The molecule has 0 unspecified atom stereocenters. The number of rotatable bonds is 5. The topological polar surface area (TPSA) is 32.3 Å². The monoisotopic (exact) mass is 300 g/mol. The molecule has 21 heavy (non-hydrogen) atoms. The highest BCUT2D eigenvalue weighted by Crippen LogP contribution is 2.19. The van der Waals surface area contributed by atoms with Crippen LogP contribution in [0.3, 0.4) is 0 Å². The highest BCUT2D eigenvalue weighted by atomic mass is 32.2. The van der Waals surface area contributed by atoms with Crippen LogP contribution in [0.5, 0.6) is 0 Å². The zero-order valence-electron chi connectivity index (χ0n) is 12.6. The van der Waals surface area contributed by atoms with Crippen LogP contribution < -0.4 is 5.32 Å². The Morgan fingerprint density at radius 1 is 1.10 bits per heavy atom. The molecule has 0 radical (unpaired) electrons. The average Bonchev–Trinajstić information content (AvgIpc) is 2.53. The van der Waals surface area contributed by atoms with Crippen molar-refractivity contribution < 1.29 is 4.79 Å². The second kappa shape index (κ2) is 7.18. The summed E-state index contributed by atoms with van der Waals surface area (Å²) >= 11 is 1.73. The van der Waals surface area contributed by atoms with E-state index in [1.807, 2.05) is 24.3 Å². The Hall–Kier alpha value is -1.94. The number of carbonyl (C=O) groups is 1. The molecule has 1 amide bonds. The highest BCUT2D eigenvalue weighted by Gasteiger charge is 2.12. The van der Waals surface area contributed by atoms with Gasteiger partial charge in [-0.2, -0.15) is 0 Å². The first-order valence-corrected chi connectivity index (χ1v) is 8.02. The van der Waals surface area contributed by atoms with Gasteiger partial charge in [0.25, 0.3) is 5.91 Å². The molecule has 0 saturated heterocycles. The van der Waals surface area contributed by atoms with Gasteiger partial charge in [-0.3, -0.25) is 4.79 Å². The Labute approximate surface area is 130 Å². The molecule has 110 valence electrons. The molecule has 2 aromatic rings. The van der Waals surface area contributed by atoms with Gasteiger partial charge in [-0.15, -0.1) is 11.8 Å².